The van der Waals surface area contributed by atoms with E-state index in [9.17, 15) is 9.59 Å². The minimum Gasteiger partial charge on any atom is -0.490 e. The van der Waals surface area contributed by atoms with Gasteiger partial charge in [-0.25, -0.2) is 5.43 Å². The van der Waals surface area contributed by atoms with Crippen molar-refractivity contribution in [1.82, 2.24) is 10.7 Å². The Morgan fingerprint density at radius 3 is 2.50 bits per heavy atom. The van der Waals surface area contributed by atoms with Gasteiger partial charge in [0.15, 0.2) is 11.5 Å². The van der Waals surface area contributed by atoms with E-state index in [0.29, 0.717) is 40.9 Å². The first-order valence-corrected chi connectivity index (χ1v) is 11.1. The highest BCUT2D eigenvalue weighted by Crippen LogP contribution is 2.29. The highest BCUT2D eigenvalue weighted by molar-refractivity contribution is 6.30. The van der Waals surface area contributed by atoms with Crippen LogP contribution in [0.15, 0.2) is 71.8 Å². The fraction of sp³-hybridized carbons (Fsp3) is 0.192. The second kappa shape index (κ2) is 12.4. The lowest BCUT2D eigenvalue weighted by molar-refractivity contribution is -0.120. The van der Waals surface area contributed by atoms with Crippen LogP contribution in [0.5, 0.6) is 11.5 Å². The Morgan fingerprint density at radius 2 is 1.76 bits per heavy atom. The molecule has 2 amide bonds. The summed E-state index contributed by atoms with van der Waals surface area (Å²) in [6, 6.07) is 19.9. The first kappa shape index (κ1) is 24.8. The molecule has 0 bridgehead atoms. The molecule has 0 aliphatic heterocycles. The zero-order valence-corrected chi connectivity index (χ0v) is 19.8. The van der Waals surface area contributed by atoms with E-state index >= 15 is 0 Å². The molecule has 0 saturated heterocycles. The monoisotopic (exact) mass is 479 g/mol. The quantitative estimate of drug-likeness (QED) is 0.331. The fourth-order valence-corrected chi connectivity index (χ4v) is 3.16. The third-order valence-electron chi connectivity index (χ3n) is 4.78. The van der Waals surface area contributed by atoms with Crippen LogP contribution in [-0.4, -0.2) is 31.2 Å². The van der Waals surface area contributed by atoms with Crippen LogP contribution in [0.4, 0.5) is 0 Å². The Hall–Kier alpha value is -3.84. The van der Waals surface area contributed by atoms with E-state index in [-0.39, 0.29) is 12.5 Å². The van der Waals surface area contributed by atoms with E-state index < -0.39 is 5.91 Å². The number of ether oxygens (including phenoxy) is 2. The molecule has 176 valence electrons. The highest BCUT2D eigenvalue weighted by Gasteiger charge is 2.10. The molecule has 0 aliphatic carbocycles. The van der Waals surface area contributed by atoms with E-state index in [4.69, 9.17) is 21.1 Å². The molecule has 0 aromatic heterocycles. The van der Waals surface area contributed by atoms with Crippen molar-refractivity contribution in [1.29, 1.82) is 0 Å². The summed E-state index contributed by atoms with van der Waals surface area (Å²) < 4.78 is 11.6. The maximum absolute atomic E-state index is 12.2. The average molecular weight is 480 g/mol. The zero-order chi connectivity index (χ0) is 24.3. The summed E-state index contributed by atoms with van der Waals surface area (Å²) in [6.45, 7) is 4.37. The molecule has 0 aliphatic rings. The van der Waals surface area contributed by atoms with E-state index in [1.54, 1.807) is 30.3 Å². The summed E-state index contributed by atoms with van der Waals surface area (Å²) in [4.78, 5) is 24.2. The molecule has 0 spiro atoms. The number of nitrogens with zero attached hydrogens (tertiary/aromatic N) is 1. The number of amides is 2. The smallest absolute Gasteiger partial charge is 0.259 e. The van der Waals surface area contributed by atoms with Gasteiger partial charge in [0.25, 0.3) is 11.8 Å². The van der Waals surface area contributed by atoms with Crippen molar-refractivity contribution in [2.45, 2.75) is 20.5 Å². The van der Waals surface area contributed by atoms with Crippen LogP contribution in [0.25, 0.3) is 0 Å². The van der Waals surface area contributed by atoms with Crippen LogP contribution in [0.2, 0.25) is 5.02 Å². The molecule has 3 aromatic rings. The van der Waals surface area contributed by atoms with E-state index in [1.807, 2.05) is 50.2 Å². The first-order chi connectivity index (χ1) is 16.5. The van der Waals surface area contributed by atoms with Crippen molar-refractivity contribution in [3.05, 3.63) is 94.0 Å². The summed E-state index contributed by atoms with van der Waals surface area (Å²) in [5.74, 6) is 0.410. The number of nitrogens with one attached hydrogen (secondary N) is 2. The molecule has 0 fully saturated rings. The summed E-state index contributed by atoms with van der Waals surface area (Å²) in [6.07, 6.45) is 1.49. The van der Waals surface area contributed by atoms with E-state index in [0.717, 1.165) is 11.1 Å². The second-order valence-electron chi connectivity index (χ2n) is 7.35. The lowest BCUT2D eigenvalue weighted by Crippen LogP contribution is -2.35. The molecule has 3 rings (SSSR count). The van der Waals surface area contributed by atoms with Gasteiger partial charge >= 0.3 is 0 Å². The summed E-state index contributed by atoms with van der Waals surface area (Å²) in [5, 5.41) is 7.21. The topological polar surface area (TPSA) is 89.0 Å². The van der Waals surface area contributed by atoms with Gasteiger partial charge in [0.05, 0.1) is 19.4 Å². The SMILES string of the molecule is CCOc1cc(/C=N\NC(=O)CNC(=O)c2ccccc2C)ccc1OCc1ccc(Cl)cc1. The molecule has 0 heterocycles. The van der Waals surface area contributed by atoms with Crippen LogP contribution in [0, 0.1) is 6.92 Å². The minimum absolute atomic E-state index is 0.188. The van der Waals surface area contributed by atoms with Gasteiger partial charge in [-0.3, -0.25) is 9.59 Å². The number of rotatable bonds is 10. The Balaban J connectivity index is 1.53. The van der Waals surface area contributed by atoms with Crippen molar-refractivity contribution in [3.8, 4) is 11.5 Å². The maximum Gasteiger partial charge on any atom is 0.259 e. The number of hydrogen-bond acceptors (Lipinski definition) is 5. The predicted molar refractivity (Wildman–Crippen MR) is 133 cm³/mol. The number of aryl methyl sites for hydroxylation is 1. The molecular formula is C26H26ClN3O4. The molecule has 0 unspecified atom stereocenters. The molecule has 2 N–H and O–H groups in total. The van der Waals surface area contributed by atoms with Crippen molar-refractivity contribution < 1.29 is 19.1 Å². The Bertz CT molecular complexity index is 1160. The van der Waals surface area contributed by atoms with Gasteiger partial charge < -0.3 is 14.8 Å². The number of halogens is 1. The van der Waals surface area contributed by atoms with E-state index in [1.165, 1.54) is 6.21 Å². The van der Waals surface area contributed by atoms with Crippen LogP contribution in [0.1, 0.15) is 34.0 Å². The molecule has 0 saturated carbocycles. The number of carbonyl (C=O) groups excluding carboxylic acids is 2. The normalized spacial score (nSPS) is 10.7. The molecular weight excluding hydrogens is 454 g/mol. The molecule has 0 radical (unpaired) electrons. The van der Waals surface area contributed by atoms with Gasteiger partial charge in [0.2, 0.25) is 0 Å². The molecule has 3 aromatic carbocycles. The number of carbonyl (C=O) groups is 2. The Labute approximate surface area is 203 Å². The summed E-state index contributed by atoms with van der Waals surface area (Å²) >= 11 is 5.92. The van der Waals surface area contributed by atoms with Gasteiger partial charge in [0.1, 0.15) is 6.61 Å². The molecule has 8 heteroatoms. The van der Waals surface area contributed by atoms with Gasteiger partial charge in [-0.1, -0.05) is 41.9 Å². The van der Waals surface area contributed by atoms with Gasteiger partial charge in [-0.2, -0.15) is 5.10 Å². The zero-order valence-electron chi connectivity index (χ0n) is 19.0. The Morgan fingerprint density at radius 1 is 1.00 bits per heavy atom. The number of hydrogen-bond donors (Lipinski definition) is 2. The number of benzene rings is 3. The van der Waals surface area contributed by atoms with Crippen molar-refractivity contribution >= 4 is 29.6 Å². The van der Waals surface area contributed by atoms with Gasteiger partial charge in [0, 0.05) is 10.6 Å². The maximum atomic E-state index is 12.2. The summed E-state index contributed by atoms with van der Waals surface area (Å²) in [7, 11) is 0. The van der Waals surface area contributed by atoms with Gasteiger partial charge in [-0.05, 0) is 66.9 Å². The van der Waals surface area contributed by atoms with Crippen molar-refractivity contribution in [2.75, 3.05) is 13.2 Å². The molecule has 7 nitrogen and oxygen atoms in total. The van der Waals surface area contributed by atoms with Crippen LogP contribution >= 0.6 is 11.6 Å². The predicted octanol–water partition coefficient (Wildman–Crippen LogP) is 4.51. The minimum atomic E-state index is -0.439. The standard InChI is InChI=1S/C26H26ClN3O4/c1-3-33-24-14-20(10-13-23(24)34-17-19-8-11-21(27)12-9-19)15-29-30-25(31)16-28-26(32)22-7-5-4-6-18(22)2/h4-15H,3,16-17H2,1-2H3,(H,28,32)(H,30,31)/b29-15-. The molecule has 34 heavy (non-hydrogen) atoms. The lowest BCUT2D eigenvalue weighted by atomic mass is 10.1. The fourth-order valence-electron chi connectivity index (χ4n) is 3.04. The molecule has 0 atom stereocenters. The second-order valence-corrected chi connectivity index (χ2v) is 7.78. The summed E-state index contributed by atoms with van der Waals surface area (Å²) in [5.41, 5.74) is 5.46. The lowest BCUT2D eigenvalue weighted by Gasteiger charge is -2.12. The largest absolute Gasteiger partial charge is 0.490 e. The van der Waals surface area contributed by atoms with Crippen molar-refractivity contribution in [3.63, 3.8) is 0 Å². The third-order valence-corrected chi connectivity index (χ3v) is 5.03. The van der Waals surface area contributed by atoms with Crippen molar-refractivity contribution in [2.24, 2.45) is 5.10 Å². The highest BCUT2D eigenvalue weighted by atomic mass is 35.5. The third kappa shape index (κ3) is 7.35. The Kier molecular flexibility index (Phi) is 9.05. The average Bonchev–Trinajstić information content (AvgIpc) is 2.83. The van der Waals surface area contributed by atoms with Crippen LogP contribution in [0.3, 0.4) is 0 Å². The van der Waals surface area contributed by atoms with Crippen LogP contribution < -0.4 is 20.2 Å². The van der Waals surface area contributed by atoms with Gasteiger partial charge in [-0.15, -0.1) is 0 Å². The number of hydrazone groups is 1. The van der Waals surface area contributed by atoms with Crippen LogP contribution in [-0.2, 0) is 11.4 Å². The van der Waals surface area contributed by atoms with E-state index in [2.05, 4.69) is 15.8 Å². The first-order valence-electron chi connectivity index (χ1n) is 10.8.